The first-order chi connectivity index (χ1) is 13.0. The van der Waals surface area contributed by atoms with Gasteiger partial charge in [-0.15, -0.1) is 0 Å². The van der Waals surface area contributed by atoms with Gasteiger partial charge in [0, 0.05) is 16.8 Å². The molecule has 5 heteroatoms. The molecule has 4 nitrogen and oxygen atoms in total. The van der Waals surface area contributed by atoms with Gasteiger partial charge in [0.25, 0.3) is 0 Å². The third kappa shape index (κ3) is 5.48. The molecular formula is C23H29NO3Si. The van der Waals surface area contributed by atoms with Crippen LogP contribution in [0.5, 0.6) is 0 Å². The van der Waals surface area contributed by atoms with Crippen LogP contribution in [0.1, 0.15) is 47.8 Å². The van der Waals surface area contributed by atoms with Crippen molar-refractivity contribution in [2.75, 3.05) is 12.8 Å². The lowest BCUT2D eigenvalue weighted by molar-refractivity contribution is 0.0600. The van der Waals surface area contributed by atoms with Crippen molar-refractivity contribution >= 4 is 20.0 Å². The fraction of sp³-hybridized carbons (Fsp3) is 0.348. The van der Waals surface area contributed by atoms with E-state index in [9.17, 15) is 4.79 Å². The predicted molar refractivity (Wildman–Crippen MR) is 117 cm³/mol. The minimum Gasteiger partial charge on any atom is -0.465 e. The van der Waals surface area contributed by atoms with Crippen molar-refractivity contribution in [2.24, 2.45) is 0 Å². The molecule has 2 N–H and O–H groups in total. The normalized spacial score (nSPS) is 11.5. The Morgan fingerprint density at radius 1 is 1.07 bits per heavy atom. The highest BCUT2D eigenvalue weighted by Gasteiger charge is 2.36. The lowest BCUT2D eigenvalue weighted by atomic mass is 10.1. The second kappa shape index (κ2) is 8.64. The van der Waals surface area contributed by atoms with Crippen LogP contribution in [0, 0.1) is 11.8 Å². The number of hydrogen-bond donors (Lipinski definition) is 1. The smallest absolute Gasteiger partial charge is 0.337 e. The standard InChI is InChI=1S/C23H29NO3Si/c1-23(2,3)28(5,6)27-16-18-9-7-17(8-10-18)11-12-19-15-20(22(25)26-4)13-14-21(19)24/h7-10,13-15H,16,24H2,1-6H3. The Labute approximate surface area is 169 Å². The summed E-state index contributed by atoms with van der Waals surface area (Å²) in [6.45, 7) is 11.8. The Hall–Kier alpha value is -2.55. The van der Waals surface area contributed by atoms with Gasteiger partial charge in [0.15, 0.2) is 8.32 Å². The first-order valence-electron chi connectivity index (χ1n) is 9.26. The number of nitrogens with two attached hydrogens (primary N) is 1. The molecular weight excluding hydrogens is 366 g/mol. The maximum absolute atomic E-state index is 11.7. The molecule has 0 aliphatic heterocycles. The minimum atomic E-state index is -1.76. The van der Waals surface area contributed by atoms with Gasteiger partial charge in [-0.3, -0.25) is 0 Å². The average Bonchev–Trinajstić information content (AvgIpc) is 2.65. The summed E-state index contributed by atoms with van der Waals surface area (Å²) < 4.78 is 11.0. The molecule has 0 aliphatic rings. The quantitative estimate of drug-likeness (QED) is 0.343. The molecule has 0 bridgehead atoms. The van der Waals surface area contributed by atoms with Crippen molar-refractivity contribution in [3.05, 3.63) is 64.7 Å². The lowest BCUT2D eigenvalue weighted by Gasteiger charge is -2.36. The molecule has 2 aromatic carbocycles. The Morgan fingerprint density at radius 2 is 1.71 bits per heavy atom. The van der Waals surface area contributed by atoms with Crippen LogP contribution in [0.2, 0.25) is 18.1 Å². The zero-order valence-electron chi connectivity index (χ0n) is 17.6. The largest absolute Gasteiger partial charge is 0.465 e. The maximum atomic E-state index is 11.7. The van der Waals surface area contributed by atoms with E-state index < -0.39 is 14.3 Å². The van der Waals surface area contributed by atoms with E-state index in [1.54, 1.807) is 18.2 Å². The number of hydrogen-bond acceptors (Lipinski definition) is 4. The van der Waals surface area contributed by atoms with Gasteiger partial charge in [-0.25, -0.2) is 4.79 Å². The number of ether oxygens (including phenoxy) is 1. The number of anilines is 1. The van der Waals surface area contributed by atoms with Crippen LogP contribution in [0.25, 0.3) is 0 Å². The number of carbonyl (C=O) groups excluding carboxylic acids is 1. The third-order valence-corrected chi connectivity index (χ3v) is 9.65. The third-order valence-electron chi connectivity index (χ3n) is 5.18. The molecule has 0 aromatic heterocycles. The lowest BCUT2D eigenvalue weighted by Crippen LogP contribution is -2.40. The van der Waals surface area contributed by atoms with Gasteiger partial charge in [0.05, 0.1) is 19.3 Å². The molecule has 148 valence electrons. The monoisotopic (exact) mass is 395 g/mol. The first-order valence-corrected chi connectivity index (χ1v) is 12.2. The van der Waals surface area contributed by atoms with Crippen LogP contribution in [0.15, 0.2) is 42.5 Å². The van der Waals surface area contributed by atoms with E-state index >= 15 is 0 Å². The van der Waals surface area contributed by atoms with Crippen molar-refractivity contribution in [3.8, 4) is 11.8 Å². The number of carbonyl (C=O) groups is 1. The highest BCUT2D eigenvalue weighted by molar-refractivity contribution is 6.74. The molecule has 0 unspecified atom stereocenters. The molecule has 2 rings (SSSR count). The van der Waals surface area contributed by atoms with Gasteiger partial charge >= 0.3 is 5.97 Å². The zero-order chi connectivity index (χ0) is 20.9. The van der Waals surface area contributed by atoms with Crippen molar-refractivity contribution in [1.29, 1.82) is 0 Å². The zero-order valence-corrected chi connectivity index (χ0v) is 18.6. The summed E-state index contributed by atoms with van der Waals surface area (Å²) in [5.41, 5.74) is 9.53. The SMILES string of the molecule is COC(=O)c1ccc(N)c(C#Cc2ccc(CO[Si](C)(C)C(C)(C)C)cc2)c1. The molecule has 28 heavy (non-hydrogen) atoms. The van der Waals surface area contributed by atoms with Gasteiger partial charge in [-0.2, -0.15) is 0 Å². The number of nitrogen functional groups attached to an aromatic ring is 1. The van der Waals surface area contributed by atoms with Crippen LogP contribution in [0.3, 0.4) is 0 Å². The van der Waals surface area contributed by atoms with Crippen molar-refractivity contribution < 1.29 is 14.0 Å². The molecule has 0 radical (unpaired) electrons. The highest BCUT2D eigenvalue weighted by atomic mass is 28.4. The summed E-state index contributed by atoms with van der Waals surface area (Å²) in [4.78, 5) is 11.7. The average molecular weight is 396 g/mol. The molecule has 0 spiro atoms. The van der Waals surface area contributed by atoms with Crippen molar-refractivity contribution in [1.82, 2.24) is 0 Å². The second-order valence-electron chi connectivity index (χ2n) is 8.29. The summed E-state index contributed by atoms with van der Waals surface area (Å²) in [6.07, 6.45) is 0. The molecule has 2 aromatic rings. The fourth-order valence-corrected chi connectivity index (χ4v) is 3.17. The maximum Gasteiger partial charge on any atom is 0.337 e. The van der Waals surface area contributed by atoms with Crippen LogP contribution >= 0.6 is 0 Å². The molecule has 0 saturated carbocycles. The molecule has 0 saturated heterocycles. The van der Waals surface area contributed by atoms with E-state index in [0.29, 0.717) is 23.4 Å². The van der Waals surface area contributed by atoms with Gasteiger partial charge in [0.2, 0.25) is 0 Å². The molecule has 0 atom stereocenters. The van der Waals surface area contributed by atoms with E-state index in [1.807, 2.05) is 24.3 Å². The van der Waals surface area contributed by atoms with Gasteiger partial charge in [0.1, 0.15) is 0 Å². The van der Waals surface area contributed by atoms with E-state index in [1.165, 1.54) is 7.11 Å². The molecule has 0 fully saturated rings. The van der Waals surface area contributed by atoms with Gasteiger partial charge in [-0.1, -0.05) is 44.7 Å². The number of esters is 1. The Kier molecular flexibility index (Phi) is 6.71. The van der Waals surface area contributed by atoms with Gasteiger partial charge in [-0.05, 0) is 54.0 Å². The summed E-state index contributed by atoms with van der Waals surface area (Å²) >= 11 is 0. The Balaban J connectivity index is 2.11. The van der Waals surface area contributed by atoms with Crippen LogP contribution in [0.4, 0.5) is 5.69 Å². The summed E-state index contributed by atoms with van der Waals surface area (Å²) in [6, 6.07) is 12.9. The first kappa shape index (κ1) is 21.7. The fourth-order valence-electron chi connectivity index (χ4n) is 2.21. The topological polar surface area (TPSA) is 61.5 Å². The van der Waals surface area contributed by atoms with E-state index in [2.05, 4.69) is 45.7 Å². The molecule has 0 heterocycles. The Bertz CT molecular complexity index is 900. The predicted octanol–water partition coefficient (Wildman–Crippen LogP) is 4.98. The Morgan fingerprint density at radius 3 is 2.29 bits per heavy atom. The van der Waals surface area contributed by atoms with Crippen molar-refractivity contribution in [2.45, 2.75) is 45.5 Å². The second-order valence-corrected chi connectivity index (χ2v) is 13.1. The van der Waals surface area contributed by atoms with Gasteiger partial charge < -0.3 is 14.9 Å². The number of rotatable bonds is 4. The molecule has 0 amide bonds. The van der Waals surface area contributed by atoms with Crippen LogP contribution < -0.4 is 5.73 Å². The van der Waals surface area contributed by atoms with Crippen molar-refractivity contribution in [3.63, 3.8) is 0 Å². The summed E-state index contributed by atoms with van der Waals surface area (Å²) in [5.74, 6) is 5.72. The summed E-state index contributed by atoms with van der Waals surface area (Å²) in [7, 11) is -0.417. The van der Waals surface area contributed by atoms with Crippen LogP contribution in [-0.2, 0) is 15.8 Å². The van der Waals surface area contributed by atoms with E-state index in [4.69, 9.17) is 14.9 Å². The van der Waals surface area contributed by atoms with E-state index in [-0.39, 0.29) is 5.04 Å². The molecule has 0 aliphatic carbocycles. The van der Waals surface area contributed by atoms with Crippen LogP contribution in [-0.4, -0.2) is 21.4 Å². The highest BCUT2D eigenvalue weighted by Crippen LogP contribution is 2.37. The number of methoxy groups -OCH3 is 1. The van der Waals surface area contributed by atoms with E-state index in [0.717, 1.165) is 11.1 Å². The minimum absolute atomic E-state index is 0.192. The number of benzene rings is 2. The summed E-state index contributed by atoms with van der Waals surface area (Å²) in [5, 5.41) is 0.192.